The van der Waals surface area contributed by atoms with Crippen LogP contribution < -0.4 is 10.5 Å². The van der Waals surface area contributed by atoms with E-state index in [1.54, 1.807) is 41.8 Å². The molecule has 0 aliphatic carbocycles. The van der Waals surface area contributed by atoms with Gasteiger partial charge >= 0.3 is 0 Å². The van der Waals surface area contributed by atoms with Crippen LogP contribution in [0.2, 0.25) is 0 Å². The fourth-order valence-electron chi connectivity index (χ4n) is 3.00. The van der Waals surface area contributed by atoms with Gasteiger partial charge in [0.05, 0.1) is 6.42 Å². The molecule has 1 aliphatic heterocycles. The van der Waals surface area contributed by atoms with Gasteiger partial charge in [-0.1, -0.05) is 18.2 Å². The zero-order valence-corrected chi connectivity index (χ0v) is 16.6. The summed E-state index contributed by atoms with van der Waals surface area (Å²) in [5.41, 5.74) is 7.05. The average Bonchev–Trinajstić information content (AvgIpc) is 3.28. The number of nitrogens with one attached hydrogen (secondary N) is 1. The third kappa shape index (κ3) is 4.76. The van der Waals surface area contributed by atoms with E-state index in [1.807, 2.05) is 4.90 Å². The summed E-state index contributed by atoms with van der Waals surface area (Å²) in [5.74, 6) is 0.0693. The molecule has 9 heteroatoms. The van der Waals surface area contributed by atoms with E-state index < -0.39 is 10.0 Å². The normalized spacial score (nSPS) is 17.0. The summed E-state index contributed by atoms with van der Waals surface area (Å²) in [5, 5.41) is 1.72. The summed E-state index contributed by atoms with van der Waals surface area (Å²) in [4.78, 5) is 14.3. The molecule has 0 saturated carbocycles. The van der Waals surface area contributed by atoms with E-state index in [0.29, 0.717) is 18.7 Å². The molecule has 1 aromatic heterocycles. The lowest BCUT2D eigenvalue weighted by Gasteiger charge is -2.23. The van der Waals surface area contributed by atoms with Crippen molar-refractivity contribution >= 4 is 45.4 Å². The first-order valence-electron chi connectivity index (χ1n) is 8.14. The SMILES string of the molecule is Cl.NCC1CCCN1C(=O)Cc1ccc(NS(=O)(=O)c2cccs2)cc1. The molecular formula is C17H22ClN3O3S2. The van der Waals surface area contributed by atoms with Gasteiger partial charge in [0, 0.05) is 24.8 Å². The van der Waals surface area contributed by atoms with E-state index in [9.17, 15) is 13.2 Å². The van der Waals surface area contributed by atoms with E-state index in [-0.39, 0.29) is 28.6 Å². The molecule has 1 unspecified atom stereocenters. The summed E-state index contributed by atoms with van der Waals surface area (Å²) in [6.07, 6.45) is 2.26. The van der Waals surface area contributed by atoms with E-state index in [2.05, 4.69) is 4.72 Å². The molecule has 6 nitrogen and oxygen atoms in total. The highest BCUT2D eigenvalue weighted by Crippen LogP contribution is 2.21. The largest absolute Gasteiger partial charge is 0.338 e. The maximum Gasteiger partial charge on any atom is 0.271 e. The molecular weight excluding hydrogens is 394 g/mol. The van der Waals surface area contributed by atoms with Crippen LogP contribution in [-0.4, -0.2) is 38.4 Å². The average molecular weight is 416 g/mol. The van der Waals surface area contributed by atoms with Gasteiger partial charge in [0.15, 0.2) is 0 Å². The predicted molar refractivity (Wildman–Crippen MR) is 106 cm³/mol. The van der Waals surface area contributed by atoms with Crippen LogP contribution >= 0.6 is 23.7 Å². The first-order chi connectivity index (χ1) is 12.0. The molecule has 1 aromatic carbocycles. The number of hydrogen-bond donors (Lipinski definition) is 2. The van der Waals surface area contributed by atoms with Crippen molar-refractivity contribution in [2.24, 2.45) is 5.73 Å². The minimum absolute atomic E-state index is 0. The number of benzene rings is 1. The van der Waals surface area contributed by atoms with Crippen LogP contribution in [0.3, 0.4) is 0 Å². The number of sulfonamides is 1. The number of nitrogens with two attached hydrogens (primary N) is 1. The molecule has 2 heterocycles. The molecule has 1 aliphatic rings. The Labute approximate surface area is 163 Å². The van der Waals surface area contributed by atoms with E-state index in [4.69, 9.17) is 5.73 Å². The summed E-state index contributed by atoms with van der Waals surface area (Å²) >= 11 is 1.17. The number of amides is 1. The van der Waals surface area contributed by atoms with Crippen molar-refractivity contribution in [1.29, 1.82) is 0 Å². The van der Waals surface area contributed by atoms with E-state index in [1.165, 1.54) is 11.3 Å². The lowest BCUT2D eigenvalue weighted by atomic mass is 10.1. The lowest BCUT2D eigenvalue weighted by Crippen LogP contribution is -2.40. The number of carbonyl (C=O) groups is 1. The number of hydrogen-bond acceptors (Lipinski definition) is 5. The Bertz CT molecular complexity index is 823. The quantitative estimate of drug-likeness (QED) is 0.757. The molecule has 0 radical (unpaired) electrons. The molecule has 1 amide bonds. The van der Waals surface area contributed by atoms with Crippen LogP contribution in [0, 0.1) is 0 Å². The van der Waals surface area contributed by atoms with Crippen molar-refractivity contribution in [2.75, 3.05) is 17.8 Å². The first kappa shape index (κ1) is 20.7. The maximum atomic E-state index is 12.4. The van der Waals surface area contributed by atoms with E-state index >= 15 is 0 Å². The Morgan fingerprint density at radius 3 is 2.62 bits per heavy atom. The molecule has 0 spiro atoms. The number of anilines is 1. The number of rotatable bonds is 6. The number of thiophene rings is 1. The van der Waals surface area contributed by atoms with Crippen LogP contribution in [-0.2, 0) is 21.2 Å². The number of carbonyl (C=O) groups excluding carboxylic acids is 1. The molecule has 3 rings (SSSR count). The number of nitrogens with zero attached hydrogens (tertiary/aromatic N) is 1. The molecule has 1 fully saturated rings. The lowest BCUT2D eigenvalue weighted by molar-refractivity contribution is -0.131. The zero-order valence-electron chi connectivity index (χ0n) is 14.1. The minimum Gasteiger partial charge on any atom is -0.338 e. The Morgan fingerprint density at radius 2 is 2.00 bits per heavy atom. The van der Waals surface area contributed by atoms with Gasteiger partial charge < -0.3 is 10.6 Å². The summed E-state index contributed by atoms with van der Waals surface area (Å²) in [6.45, 7) is 1.26. The Hall–Kier alpha value is -1.61. The zero-order chi connectivity index (χ0) is 17.9. The Balaban J connectivity index is 0.00000243. The molecule has 2 aromatic rings. The first-order valence-corrected chi connectivity index (χ1v) is 10.5. The standard InChI is InChI=1S/C17H21N3O3S2.ClH/c18-12-15-3-1-9-20(15)16(21)11-13-5-7-14(8-6-13)19-25(22,23)17-4-2-10-24-17;/h2,4-8,10,15,19H,1,3,9,11-12,18H2;1H. The third-order valence-electron chi connectivity index (χ3n) is 4.29. The molecule has 1 atom stereocenters. The Kier molecular flexibility index (Phi) is 7.05. The fraction of sp³-hybridized carbons (Fsp3) is 0.353. The minimum atomic E-state index is -3.55. The van der Waals surface area contributed by atoms with Gasteiger partial charge in [0.1, 0.15) is 4.21 Å². The van der Waals surface area contributed by atoms with Crippen molar-refractivity contribution in [3.8, 4) is 0 Å². The molecule has 1 saturated heterocycles. The number of likely N-dealkylation sites (tertiary alicyclic amines) is 1. The van der Waals surface area contributed by atoms with Gasteiger partial charge in [-0.3, -0.25) is 9.52 Å². The van der Waals surface area contributed by atoms with Gasteiger partial charge in [0.2, 0.25) is 5.91 Å². The Morgan fingerprint density at radius 1 is 1.27 bits per heavy atom. The van der Waals surface area contributed by atoms with Crippen LogP contribution in [0.25, 0.3) is 0 Å². The summed E-state index contributed by atoms with van der Waals surface area (Å²) in [7, 11) is -3.55. The van der Waals surface area contributed by atoms with Gasteiger partial charge in [-0.25, -0.2) is 8.42 Å². The second-order valence-corrected chi connectivity index (χ2v) is 8.89. The monoisotopic (exact) mass is 415 g/mol. The highest BCUT2D eigenvalue weighted by atomic mass is 35.5. The van der Waals surface area contributed by atoms with Crippen molar-refractivity contribution < 1.29 is 13.2 Å². The second-order valence-electron chi connectivity index (χ2n) is 6.03. The van der Waals surface area contributed by atoms with Crippen molar-refractivity contribution in [3.05, 3.63) is 47.3 Å². The second kappa shape index (κ2) is 8.85. The molecule has 3 N–H and O–H groups in total. The molecule has 142 valence electrons. The van der Waals surface area contributed by atoms with Crippen molar-refractivity contribution in [3.63, 3.8) is 0 Å². The topological polar surface area (TPSA) is 92.5 Å². The van der Waals surface area contributed by atoms with Crippen molar-refractivity contribution in [2.45, 2.75) is 29.5 Å². The predicted octanol–water partition coefficient (Wildman–Crippen LogP) is 2.46. The van der Waals surface area contributed by atoms with Crippen LogP contribution in [0.5, 0.6) is 0 Å². The van der Waals surface area contributed by atoms with Crippen molar-refractivity contribution in [1.82, 2.24) is 4.90 Å². The number of halogens is 1. The highest BCUT2D eigenvalue weighted by Gasteiger charge is 2.27. The van der Waals surface area contributed by atoms with Gasteiger partial charge in [-0.05, 0) is 42.0 Å². The van der Waals surface area contributed by atoms with Crippen LogP contribution in [0.1, 0.15) is 18.4 Å². The van der Waals surface area contributed by atoms with Crippen LogP contribution in [0.4, 0.5) is 5.69 Å². The summed E-state index contributed by atoms with van der Waals surface area (Å²) in [6, 6.07) is 10.3. The third-order valence-corrected chi connectivity index (χ3v) is 7.07. The maximum absolute atomic E-state index is 12.4. The molecule has 0 bridgehead atoms. The fourth-order valence-corrected chi connectivity index (χ4v) is 5.05. The highest BCUT2D eigenvalue weighted by molar-refractivity contribution is 7.94. The molecule has 26 heavy (non-hydrogen) atoms. The van der Waals surface area contributed by atoms with Gasteiger partial charge in [-0.15, -0.1) is 23.7 Å². The summed E-state index contributed by atoms with van der Waals surface area (Å²) < 4.78 is 27.2. The van der Waals surface area contributed by atoms with Crippen LogP contribution in [0.15, 0.2) is 46.0 Å². The van der Waals surface area contributed by atoms with Gasteiger partial charge in [-0.2, -0.15) is 0 Å². The van der Waals surface area contributed by atoms with E-state index in [0.717, 1.165) is 24.9 Å². The smallest absolute Gasteiger partial charge is 0.271 e. The van der Waals surface area contributed by atoms with Gasteiger partial charge in [0.25, 0.3) is 10.0 Å².